The molecule has 1 unspecified atom stereocenters. The standard InChI is InChI=1S/C9H15N3O2S/c1-6-4-10-2-3-12(6)8(13)7-5-15-9(14)11-7/h6-7,10H,2-5H2,1H3,(H,11,14)/t6?,7-/m0/s1. The van der Waals surface area contributed by atoms with Crippen LogP contribution >= 0.6 is 11.8 Å². The predicted molar refractivity (Wildman–Crippen MR) is 58.8 cm³/mol. The van der Waals surface area contributed by atoms with Gasteiger partial charge in [0.05, 0.1) is 0 Å². The minimum Gasteiger partial charge on any atom is -0.336 e. The summed E-state index contributed by atoms with van der Waals surface area (Å²) in [5.74, 6) is 0.622. The second-order valence-electron chi connectivity index (χ2n) is 3.88. The fourth-order valence-electron chi connectivity index (χ4n) is 1.89. The monoisotopic (exact) mass is 229 g/mol. The van der Waals surface area contributed by atoms with Gasteiger partial charge in [0.2, 0.25) is 5.91 Å². The molecule has 2 amide bonds. The molecule has 0 saturated carbocycles. The minimum absolute atomic E-state index is 0.0577. The van der Waals surface area contributed by atoms with Gasteiger partial charge in [-0.2, -0.15) is 0 Å². The van der Waals surface area contributed by atoms with Gasteiger partial charge in [-0.05, 0) is 6.92 Å². The van der Waals surface area contributed by atoms with E-state index in [1.54, 1.807) is 0 Å². The molecule has 84 valence electrons. The van der Waals surface area contributed by atoms with Crippen molar-refractivity contribution in [2.45, 2.75) is 19.0 Å². The fourth-order valence-corrected chi connectivity index (χ4v) is 2.66. The third-order valence-corrected chi connectivity index (χ3v) is 3.64. The normalized spacial score (nSPS) is 31.5. The van der Waals surface area contributed by atoms with Gasteiger partial charge in [0, 0.05) is 31.4 Å². The van der Waals surface area contributed by atoms with Gasteiger partial charge < -0.3 is 15.5 Å². The van der Waals surface area contributed by atoms with Gasteiger partial charge in [-0.3, -0.25) is 9.59 Å². The maximum atomic E-state index is 12.0. The minimum atomic E-state index is -0.317. The number of carbonyl (C=O) groups excluding carboxylic acids is 2. The third kappa shape index (κ3) is 2.26. The van der Waals surface area contributed by atoms with Crippen LogP contribution in [0.1, 0.15) is 6.92 Å². The van der Waals surface area contributed by atoms with E-state index in [-0.39, 0.29) is 23.2 Å². The van der Waals surface area contributed by atoms with Crippen LogP contribution in [0.25, 0.3) is 0 Å². The summed E-state index contributed by atoms with van der Waals surface area (Å²) in [6.07, 6.45) is 0. The number of rotatable bonds is 1. The van der Waals surface area contributed by atoms with Gasteiger partial charge >= 0.3 is 0 Å². The lowest BCUT2D eigenvalue weighted by Crippen LogP contribution is -2.56. The molecular formula is C9H15N3O2S. The van der Waals surface area contributed by atoms with Crippen LogP contribution in [0.2, 0.25) is 0 Å². The first kappa shape index (κ1) is 10.8. The van der Waals surface area contributed by atoms with E-state index in [1.165, 1.54) is 11.8 Å². The highest BCUT2D eigenvalue weighted by Gasteiger charge is 2.33. The van der Waals surface area contributed by atoms with Gasteiger partial charge in [-0.1, -0.05) is 11.8 Å². The fraction of sp³-hybridized carbons (Fsp3) is 0.778. The van der Waals surface area contributed by atoms with E-state index in [4.69, 9.17) is 0 Å². The molecule has 2 saturated heterocycles. The lowest BCUT2D eigenvalue weighted by atomic mass is 10.2. The zero-order valence-electron chi connectivity index (χ0n) is 8.66. The quantitative estimate of drug-likeness (QED) is 0.644. The molecule has 0 aliphatic carbocycles. The molecule has 0 spiro atoms. The lowest BCUT2D eigenvalue weighted by molar-refractivity contribution is -0.135. The smallest absolute Gasteiger partial charge is 0.279 e. The number of carbonyl (C=O) groups is 2. The molecular weight excluding hydrogens is 214 g/mol. The van der Waals surface area contributed by atoms with E-state index in [0.717, 1.165) is 19.6 Å². The topological polar surface area (TPSA) is 61.4 Å². The molecule has 2 aliphatic heterocycles. The molecule has 0 radical (unpaired) electrons. The third-order valence-electron chi connectivity index (χ3n) is 2.76. The summed E-state index contributed by atoms with van der Waals surface area (Å²) in [7, 11) is 0. The molecule has 2 N–H and O–H groups in total. The Morgan fingerprint density at radius 2 is 2.40 bits per heavy atom. The molecule has 0 bridgehead atoms. The van der Waals surface area contributed by atoms with Crippen molar-refractivity contribution >= 4 is 22.9 Å². The van der Waals surface area contributed by atoms with E-state index < -0.39 is 0 Å². The van der Waals surface area contributed by atoms with Crippen molar-refractivity contribution in [3.63, 3.8) is 0 Å². The van der Waals surface area contributed by atoms with Crippen LogP contribution in [0.15, 0.2) is 0 Å². The van der Waals surface area contributed by atoms with Crippen molar-refractivity contribution < 1.29 is 9.59 Å². The maximum Gasteiger partial charge on any atom is 0.279 e. The molecule has 5 nitrogen and oxygen atoms in total. The van der Waals surface area contributed by atoms with Crippen molar-refractivity contribution in [1.29, 1.82) is 0 Å². The molecule has 2 heterocycles. The van der Waals surface area contributed by atoms with Crippen LogP contribution in [0.3, 0.4) is 0 Å². The number of nitrogens with one attached hydrogen (secondary N) is 2. The Bertz CT molecular complexity index is 285. The Morgan fingerprint density at radius 1 is 1.60 bits per heavy atom. The Hall–Kier alpha value is -0.750. The van der Waals surface area contributed by atoms with Crippen LogP contribution in [0, 0.1) is 0 Å². The SMILES string of the molecule is CC1CNCCN1C(=O)[C@@H]1CSC(=O)N1. The van der Waals surface area contributed by atoms with E-state index in [0.29, 0.717) is 5.75 Å². The molecule has 2 atom stereocenters. The maximum absolute atomic E-state index is 12.0. The molecule has 0 aromatic carbocycles. The highest BCUT2D eigenvalue weighted by atomic mass is 32.2. The molecule has 0 aromatic heterocycles. The molecule has 2 rings (SSSR count). The first-order valence-corrected chi connectivity index (χ1v) is 6.11. The van der Waals surface area contributed by atoms with Crippen LogP contribution < -0.4 is 10.6 Å². The first-order valence-electron chi connectivity index (χ1n) is 5.13. The number of nitrogens with zero attached hydrogens (tertiary/aromatic N) is 1. The van der Waals surface area contributed by atoms with Crippen LogP contribution in [0.5, 0.6) is 0 Å². The number of hydrogen-bond donors (Lipinski definition) is 2. The predicted octanol–water partition coefficient (Wildman–Crippen LogP) is -0.368. The summed E-state index contributed by atoms with van der Waals surface area (Å²) in [5.41, 5.74) is 0. The Morgan fingerprint density at radius 3 is 3.00 bits per heavy atom. The summed E-state index contributed by atoms with van der Waals surface area (Å²) >= 11 is 1.19. The number of hydrogen-bond acceptors (Lipinski definition) is 4. The number of amides is 2. The number of thioether (sulfide) groups is 1. The second-order valence-corrected chi connectivity index (χ2v) is 4.87. The Labute approximate surface area is 93.0 Å². The van der Waals surface area contributed by atoms with Crippen molar-refractivity contribution in [1.82, 2.24) is 15.5 Å². The Kier molecular flexibility index (Phi) is 3.16. The van der Waals surface area contributed by atoms with Crippen LogP contribution in [-0.4, -0.2) is 53.5 Å². The zero-order chi connectivity index (χ0) is 10.8. The average molecular weight is 229 g/mol. The average Bonchev–Trinajstić information content (AvgIpc) is 2.65. The number of piperazine rings is 1. The van der Waals surface area contributed by atoms with Crippen LogP contribution in [0.4, 0.5) is 4.79 Å². The molecule has 2 aliphatic rings. The lowest BCUT2D eigenvalue weighted by Gasteiger charge is -2.35. The Balaban J connectivity index is 1.97. The molecule has 15 heavy (non-hydrogen) atoms. The molecule has 0 aromatic rings. The van der Waals surface area contributed by atoms with Crippen LogP contribution in [-0.2, 0) is 4.79 Å². The summed E-state index contributed by atoms with van der Waals surface area (Å²) in [4.78, 5) is 24.9. The van der Waals surface area contributed by atoms with Crippen molar-refractivity contribution in [3.8, 4) is 0 Å². The van der Waals surface area contributed by atoms with Crippen molar-refractivity contribution in [2.24, 2.45) is 0 Å². The summed E-state index contributed by atoms with van der Waals surface area (Å²) in [5, 5.41) is 5.83. The van der Waals surface area contributed by atoms with Gasteiger partial charge in [-0.25, -0.2) is 0 Å². The van der Waals surface area contributed by atoms with E-state index in [2.05, 4.69) is 10.6 Å². The highest BCUT2D eigenvalue weighted by molar-refractivity contribution is 8.14. The highest BCUT2D eigenvalue weighted by Crippen LogP contribution is 2.16. The largest absolute Gasteiger partial charge is 0.336 e. The van der Waals surface area contributed by atoms with Gasteiger partial charge in [-0.15, -0.1) is 0 Å². The van der Waals surface area contributed by atoms with E-state index in [1.807, 2.05) is 11.8 Å². The summed E-state index contributed by atoms with van der Waals surface area (Å²) in [6, 6.07) is -0.100. The van der Waals surface area contributed by atoms with Gasteiger partial charge in [0.1, 0.15) is 6.04 Å². The van der Waals surface area contributed by atoms with Crippen molar-refractivity contribution in [2.75, 3.05) is 25.4 Å². The zero-order valence-corrected chi connectivity index (χ0v) is 9.47. The molecule has 6 heteroatoms. The molecule has 2 fully saturated rings. The van der Waals surface area contributed by atoms with Gasteiger partial charge in [0.25, 0.3) is 5.24 Å². The van der Waals surface area contributed by atoms with Crippen molar-refractivity contribution in [3.05, 3.63) is 0 Å². The second kappa shape index (κ2) is 4.40. The summed E-state index contributed by atoms with van der Waals surface area (Å²) in [6.45, 7) is 4.43. The summed E-state index contributed by atoms with van der Waals surface area (Å²) < 4.78 is 0. The first-order chi connectivity index (χ1) is 7.18. The van der Waals surface area contributed by atoms with E-state index >= 15 is 0 Å². The van der Waals surface area contributed by atoms with Gasteiger partial charge in [0.15, 0.2) is 0 Å². The van der Waals surface area contributed by atoms with E-state index in [9.17, 15) is 9.59 Å².